The number of hydrogen-bond donors (Lipinski definition) is 1. The lowest BCUT2D eigenvalue weighted by atomic mass is 10.3. The molecule has 1 aliphatic rings. The van der Waals surface area contributed by atoms with E-state index in [1.165, 1.54) is 0 Å². The van der Waals surface area contributed by atoms with Gasteiger partial charge in [-0.2, -0.15) is 0 Å². The molecule has 1 aromatic heterocycles. The van der Waals surface area contributed by atoms with Crippen molar-refractivity contribution in [1.29, 1.82) is 0 Å². The molecule has 0 radical (unpaired) electrons. The van der Waals surface area contributed by atoms with E-state index in [1.807, 2.05) is 0 Å². The molecule has 1 aromatic rings. The maximum absolute atomic E-state index is 5.64. The van der Waals surface area contributed by atoms with Gasteiger partial charge in [0.2, 0.25) is 0 Å². The number of nitrogen functional groups attached to an aromatic ring is 1. The first-order valence-electron chi connectivity index (χ1n) is 4.85. The van der Waals surface area contributed by atoms with E-state index in [0.717, 1.165) is 42.7 Å². The molecule has 0 aliphatic carbocycles. The molecule has 2 N–H and O–H groups in total. The van der Waals surface area contributed by atoms with Gasteiger partial charge in [0.1, 0.15) is 10.0 Å². The molecule has 0 aromatic carbocycles. The summed E-state index contributed by atoms with van der Waals surface area (Å²) in [6.07, 6.45) is 1.75. The van der Waals surface area contributed by atoms with Gasteiger partial charge in [-0.1, -0.05) is 0 Å². The largest absolute Gasteiger partial charge is 0.389 e. The molecule has 1 saturated heterocycles. The third-order valence-corrected chi connectivity index (χ3v) is 3.34. The summed E-state index contributed by atoms with van der Waals surface area (Å²) in [6, 6.07) is 0. The Morgan fingerprint density at radius 1 is 1.43 bits per heavy atom. The second-order valence-corrected chi connectivity index (χ2v) is 4.88. The van der Waals surface area contributed by atoms with Crippen LogP contribution in [0.15, 0.2) is 6.20 Å². The van der Waals surface area contributed by atoms with Crippen LogP contribution in [0.25, 0.3) is 0 Å². The van der Waals surface area contributed by atoms with E-state index < -0.39 is 0 Å². The van der Waals surface area contributed by atoms with Crippen LogP contribution in [0, 0.1) is 0 Å². The fourth-order valence-electron chi connectivity index (χ4n) is 1.59. The number of nitrogens with two attached hydrogens (primary N) is 1. The molecule has 0 amide bonds. The minimum absolute atomic E-state index is 0.814. The monoisotopic (exact) mass is 212 g/mol. The van der Waals surface area contributed by atoms with Crippen molar-refractivity contribution in [3.63, 3.8) is 0 Å². The predicted octanol–water partition coefficient (Wildman–Crippen LogP) is 0.473. The van der Waals surface area contributed by atoms with Gasteiger partial charge in [0.25, 0.3) is 0 Å². The first-order chi connectivity index (χ1) is 6.74. The minimum Gasteiger partial charge on any atom is -0.389 e. The van der Waals surface area contributed by atoms with Gasteiger partial charge >= 0.3 is 0 Å². The summed E-state index contributed by atoms with van der Waals surface area (Å²) < 4.78 is 0. The summed E-state index contributed by atoms with van der Waals surface area (Å²) >= 11 is 1.59. The van der Waals surface area contributed by atoms with Crippen LogP contribution >= 0.6 is 11.3 Å². The summed E-state index contributed by atoms with van der Waals surface area (Å²) in [7, 11) is 2.17. The van der Waals surface area contributed by atoms with Gasteiger partial charge in [-0.05, 0) is 7.05 Å². The Balaban J connectivity index is 1.86. The van der Waals surface area contributed by atoms with Crippen LogP contribution in [0.1, 0.15) is 5.01 Å². The van der Waals surface area contributed by atoms with E-state index in [-0.39, 0.29) is 0 Å². The summed E-state index contributed by atoms with van der Waals surface area (Å²) in [4.78, 5) is 9.05. The Labute approximate surface area is 88.3 Å². The number of nitrogens with zero attached hydrogens (tertiary/aromatic N) is 3. The van der Waals surface area contributed by atoms with Crippen LogP contribution in [0.4, 0.5) is 5.00 Å². The molecule has 5 heteroatoms. The molecule has 0 saturated carbocycles. The number of aromatic nitrogens is 1. The second-order valence-electron chi connectivity index (χ2n) is 3.74. The first-order valence-corrected chi connectivity index (χ1v) is 5.67. The molecule has 2 heterocycles. The minimum atomic E-state index is 0.814. The lowest BCUT2D eigenvalue weighted by molar-refractivity contribution is 0.148. The van der Waals surface area contributed by atoms with Crippen molar-refractivity contribution in [2.45, 2.75) is 6.54 Å². The second kappa shape index (κ2) is 4.25. The smallest absolute Gasteiger partial charge is 0.109 e. The zero-order valence-electron chi connectivity index (χ0n) is 8.44. The van der Waals surface area contributed by atoms with Crippen molar-refractivity contribution in [2.24, 2.45) is 0 Å². The average Bonchev–Trinajstić information content (AvgIpc) is 2.56. The van der Waals surface area contributed by atoms with E-state index in [2.05, 4.69) is 21.8 Å². The number of hydrogen-bond acceptors (Lipinski definition) is 5. The molecule has 14 heavy (non-hydrogen) atoms. The highest BCUT2D eigenvalue weighted by Gasteiger charge is 2.14. The van der Waals surface area contributed by atoms with Gasteiger partial charge in [0.15, 0.2) is 0 Å². The van der Waals surface area contributed by atoms with Crippen LogP contribution in [-0.2, 0) is 6.54 Å². The SMILES string of the molecule is CN1CCN(Cc2ncc(N)s2)CC1. The summed E-state index contributed by atoms with van der Waals surface area (Å²) in [5.74, 6) is 0. The molecular weight excluding hydrogens is 196 g/mol. The fourth-order valence-corrected chi connectivity index (χ4v) is 2.32. The number of anilines is 1. The van der Waals surface area contributed by atoms with Crippen molar-refractivity contribution in [2.75, 3.05) is 39.0 Å². The molecular formula is C9H16N4S. The quantitative estimate of drug-likeness (QED) is 0.774. The Hall–Kier alpha value is -0.650. The predicted molar refractivity (Wildman–Crippen MR) is 59.3 cm³/mol. The van der Waals surface area contributed by atoms with Crippen LogP contribution in [0.3, 0.4) is 0 Å². The van der Waals surface area contributed by atoms with Crippen LogP contribution in [0.5, 0.6) is 0 Å². The Morgan fingerprint density at radius 3 is 2.71 bits per heavy atom. The van der Waals surface area contributed by atoms with Crippen molar-refractivity contribution in [3.05, 3.63) is 11.2 Å². The molecule has 0 atom stereocenters. The molecule has 78 valence electrons. The van der Waals surface area contributed by atoms with Gasteiger partial charge in [-0.15, -0.1) is 11.3 Å². The highest BCUT2D eigenvalue weighted by Crippen LogP contribution is 2.16. The Kier molecular flexibility index (Phi) is 3.00. The van der Waals surface area contributed by atoms with Crippen molar-refractivity contribution in [1.82, 2.24) is 14.8 Å². The number of rotatable bonds is 2. The van der Waals surface area contributed by atoms with Gasteiger partial charge in [0, 0.05) is 26.2 Å². The van der Waals surface area contributed by atoms with Crippen molar-refractivity contribution in [3.8, 4) is 0 Å². The Morgan fingerprint density at radius 2 is 2.14 bits per heavy atom. The van der Waals surface area contributed by atoms with E-state index >= 15 is 0 Å². The average molecular weight is 212 g/mol. The zero-order chi connectivity index (χ0) is 9.97. The number of likely N-dealkylation sites (N-methyl/N-ethyl adjacent to an activating group) is 1. The maximum Gasteiger partial charge on any atom is 0.109 e. The summed E-state index contributed by atoms with van der Waals surface area (Å²) in [6.45, 7) is 5.53. The van der Waals surface area contributed by atoms with Crippen LogP contribution < -0.4 is 5.73 Å². The molecule has 4 nitrogen and oxygen atoms in total. The van der Waals surface area contributed by atoms with Crippen molar-refractivity contribution >= 4 is 16.3 Å². The standard InChI is InChI=1S/C9H16N4S/c1-12-2-4-13(5-3-12)7-9-11-6-8(10)14-9/h6H,2-5,7,10H2,1H3. The number of thiazole rings is 1. The number of piperazine rings is 1. The van der Waals surface area contributed by atoms with E-state index in [1.54, 1.807) is 17.5 Å². The molecule has 0 spiro atoms. The van der Waals surface area contributed by atoms with E-state index in [4.69, 9.17) is 5.73 Å². The fraction of sp³-hybridized carbons (Fsp3) is 0.667. The van der Waals surface area contributed by atoms with Gasteiger partial charge in [-0.3, -0.25) is 4.90 Å². The molecule has 1 aliphatic heterocycles. The summed E-state index contributed by atoms with van der Waals surface area (Å²) in [5, 5.41) is 1.95. The lowest BCUT2D eigenvalue weighted by Gasteiger charge is -2.31. The molecule has 1 fully saturated rings. The highest BCUT2D eigenvalue weighted by atomic mass is 32.1. The lowest BCUT2D eigenvalue weighted by Crippen LogP contribution is -2.43. The molecule has 2 rings (SSSR count). The normalized spacial score (nSPS) is 20.1. The molecule has 0 bridgehead atoms. The highest BCUT2D eigenvalue weighted by molar-refractivity contribution is 7.15. The third kappa shape index (κ3) is 2.43. The van der Waals surface area contributed by atoms with E-state index in [0.29, 0.717) is 0 Å². The third-order valence-electron chi connectivity index (χ3n) is 2.53. The maximum atomic E-state index is 5.64. The first kappa shape index (κ1) is 9.89. The van der Waals surface area contributed by atoms with Gasteiger partial charge in [-0.25, -0.2) is 4.98 Å². The van der Waals surface area contributed by atoms with Crippen molar-refractivity contribution < 1.29 is 0 Å². The van der Waals surface area contributed by atoms with Gasteiger partial charge in [0.05, 0.1) is 12.7 Å². The topological polar surface area (TPSA) is 45.4 Å². The van der Waals surface area contributed by atoms with E-state index in [9.17, 15) is 0 Å². The zero-order valence-corrected chi connectivity index (χ0v) is 9.26. The molecule has 0 unspecified atom stereocenters. The van der Waals surface area contributed by atoms with Crippen LogP contribution in [-0.4, -0.2) is 48.0 Å². The van der Waals surface area contributed by atoms with Crippen LogP contribution in [0.2, 0.25) is 0 Å². The summed E-state index contributed by atoms with van der Waals surface area (Å²) in [5.41, 5.74) is 5.64. The Bertz CT molecular complexity index is 291. The van der Waals surface area contributed by atoms with Gasteiger partial charge < -0.3 is 10.6 Å².